The highest BCUT2D eigenvalue weighted by Crippen LogP contribution is 2.01. The molecule has 0 fully saturated rings. The average Bonchev–Trinajstić information content (AvgIpc) is 2.60. The summed E-state index contributed by atoms with van der Waals surface area (Å²) in [7, 11) is 0. The third-order valence-corrected chi connectivity index (χ3v) is 2.62. The van der Waals surface area contributed by atoms with Gasteiger partial charge in [-0.1, -0.05) is 13.8 Å². The maximum atomic E-state index is 4.07. The van der Waals surface area contributed by atoms with Crippen molar-refractivity contribution in [2.45, 2.75) is 46.8 Å². The van der Waals surface area contributed by atoms with Crippen molar-refractivity contribution in [2.24, 2.45) is 5.92 Å². The van der Waals surface area contributed by atoms with Crippen molar-refractivity contribution in [1.29, 1.82) is 0 Å². The summed E-state index contributed by atoms with van der Waals surface area (Å²) in [5, 5.41) is 11.4. The minimum absolute atomic E-state index is 0.511. The number of aromatic nitrogens is 3. The quantitative estimate of drug-likeness (QED) is 0.774. The van der Waals surface area contributed by atoms with Crippen LogP contribution in [0.15, 0.2) is 6.33 Å². The molecule has 0 amide bonds. The molecule has 1 atom stereocenters. The molecule has 1 N–H and O–H groups in total. The molecule has 1 unspecified atom stereocenters. The number of nitrogens with zero attached hydrogens (tertiary/aromatic N) is 3. The Kier molecular flexibility index (Phi) is 4.07. The molecule has 0 aromatic carbocycles. The Morgan fingerprint density at radius 1 is 1.43 bits per heavy atom. The van der Waals surface area contributed by atoms with Crippen LogP contribution in [-0.2, 0) is 13.1 Å². The standard InChI is InChI=1S/C10H20N4/c1-5-14-7-12-13-10(14)6-11-9(4)8(2)3/h7-9,11H,5-6H2,1-4H3. The molecule has 0 aliphatic carbocycles. The van der Waals surface area contributed by atoms with Gasteiger partial charge in [0.25, 0.3) is 0 Å². The molecule has 0 saturated carbocycles. The zero-order chi connectivity index (χ0) is 10.6. The Bertz CT molecular complexity index is 267. The Balaban J connectivity index is 2.45. The highest BCUT2D eigenvalue weighted by molar-refractivity contribution is 4.85. The largest absolute Gasteiger partial charge is 0.317 e. The first-order valence-corrected chi connectivity index (χ1v) is 5.25. The van der Waals surface area contributed by atoms with Gasteiger partial charge in [0.05, 0.1) is 6.54 Å². The molecule has 4 heteroatoms. The molecule has 1 heterocycles. The highest BCUT2D eigenvalue weighted by Gasteiger charge is 2.08. The van der Waals surface area contributed by atoms with Crippen LogP contribution in [-0.4, -0.2) is 20.8 Å². The van der Waals surface area contributed by atoms with Gasteiger partial charge in [-0.05, 0) is 19.8 Å². The third kappa shape index (κ3) is 2.80. The monoisotopic (exact) mass is 196 g/mol. The van der Waals surface area contributed by atoms with Gasteiger partial charge >= 0.3 is 0 Å². The Hall–Kier alpha value is -0.900. The van der Waals surface area contributed by atoms with Crippen LogP contribution < -0.4 is 5.32 Å². The lowest BCUT2D eigenvalue weighted by molar-refractivity contribution is 0.416. The van der Waals surface area contributed by atoms with E-state index in [1.54, 1.807) is 6.33 Å². The van der Waals surface area contributed by atoms with E-state index in [-0.39, 0.29) is 0 Å². The van der Waals surface area contributed by atoms with Crippen LogP contribution in [0.3, 0.4) is 0 Å². The van der Waals surface area contributed by atoms with Crippen LogP contribution in [0.5, 0.6) is 0 Å². The average molecular weight is 196 g/mol. The minimum atomic E-state index is 0.511. The first kappa shape index (κ1) is 11.2. The molecule has 0 saturated heterocycles. The van der Waals surface area contributed by atoms with Gasteiger partial charge in [0, 0.05) is 12.6 Å². The maximum Gasteiger partial charge on any atom is 0.146 e. The van der Waals surface area contributed by atoms with Crippen LogP contribution in [0.1, 0.15) is 33.5 Å². The van der Waals surface area contributed by atoms with Crippen molar-refractivity contribution in [2.75, 3.05) is 0 Å². The van der Waals surface area contributed by atoms with E-state index in [1.807, 2.05) is 0 Å². The molecule has 1 aromatic heterocycles. The van der Waals surface area contributed by atoms with Gasteiger partial charge < -0.3 is 9.88 Å². The van der Waals surface area contributed by atoms with Crippen molar-refractivity contribution < 1.29 is 0 Å². The maximum absolute atomic E-state index is 4.07. The third-order valence-electron chi connectivity index (χ3n) is 2.62. The molecule has 0 aliphatic heterocycles. The van der Waals surface area contributed by atoms with Crippen LogP contribution in [0.4, 0.5) is 0 Å². The lowest BCUT2D eigenvalue weighted by Crippen LogP contribution is -2.31. The van der Waals surface area contributed by atoms with E-state index in [0.29, 0.717) is 12.0 Å². The molecule has 14 heavy (non-hydrogen) atoms. The molecule has 80 valence electrons. The van der Waals surface area contributed by atoms with Gasteiger partial charge in [-0.15, -0.1) is 10.2 Å². The highest BCUT2D eigenvalue weighted by atomic mass is 15.3. The summed E-state index contributed by atoms with van der Waals surface area (Å²) < 4.78 is 2.06. The van der Waals surface area contributed by atoms with E-state index < -0.39 is 0 Å². The number of nitrogens with one attached hydrogen (secondary N) is 1. The van der Waals surface area contributed by atoms with Gasteiger partial charge in [-0.3, -0.25) is 0 Å². The second-order valence-electron chi connectivity index (χ2n) is 3.95. The molecule has 0 spiro atoms. The molecule has 0 bridgehead atoms. The summed E-state index contributed by atoms with van der Waals surface area (Å²) in [6, 6.07) is 0.511. The summed E-state index contributed by atoms with van der Waals surface area (Å²) in [4.78, 5) is 0. The SMILES string of the molecule is CCn1cnnc1CNC(C)C(C)C. The summed E-state index contributed by atoms with van der Waals surface area (Å²) >= 11 is 0. The van der Waals surface area contributed by atoms with E-state index in [4.69, 9.17) is 0 Å². The molecule has 4 nitrogen and oxygen atoms in total. The molecule has 1 aromatic rings. The second-order valence-corrected chi connectivity index (χ2v) is 3.95. The Morgan fingerprint density at radius 3 is 2.71 bits per heavy atom. The molecule has 1 rings (SSSR count). The van der Waals surface area contributed by atoms with Crippen molar-refractivity contribution in [1.82, 2.24) is 20.1 Å². The van der Waals surface area contributed by atoms with Gasteiger partial charge in [0.1, 0.15) is 12.2 Å². The molecular formula is C10H20N4. The van der Waals surface area contributed by atoms with E-state index in [0.717, 1.165) is 18.9 Å². The van der Waals surface area contributed by atoms with Crippen molar-refractivity contribution in [3.63, 3.8) is 0 Å². The second kappa shape index (κ2) is 5.10. The fourth-order valence-corrected chi connectivity index (χ4v) is 1.17. The van der Waals surface area contributed by atoms with Crippen LogP contribution >= 0.6 is 0 Å². The van der Waals surface area contributed by atoms with Gasteiger partial charge in [-0.25, -0.2) is 0 Å². The zero-order valence-corrected chi connectivity index (χ0v) is 9.49. The van der Waals surface area contributed by atoms with Crippen molar-refractivity contribution in [3.8, 4) is 0 Å². The number of hydrogen-bond acceptors (Lipinski definition) is 3. The van der Waals surface area contributed by atoms with Crippen LogP contribution in [0, 0.1) is 5.92 Å². The molecular weight excluding hydrogens is 176 g/mol. The molecule has 0 aliphatic rings. The van der Waals surface area contributed by atoms with E-state index in [9.17, 15) is 0 Å². The molecule has 0 radical (unpaired) electrons. The van der Waals surface area contributed by atoms with Crippen molar-refractivity contribution >= 4 is 0 Å². The lowest BCUT2D eigenvalue weighted by atomic mass is 10.1. The van der Waals surface area contributed by atoms with Gasteiger partial charge in [0.2, 0.25) is 0 Å². The number of aryl methyl sites for hydroxylation is 1. The van der Waals surface area contributed by atoms with Crippen LogP contribution in [0.25, 0.3) is 0 Å². The van der Waals surface area contributed by atoms with E-state index >= 15 is 0 Å². The van der Waals surface area contributed by atoms with Gasteiger partial charge in [-0.2, -0.15) is 0 Å². The van der Waals surface area contributed by atoms with E-state index in [1.165, 1.54) is 0 Å². The van der Waals surface area contributed by atoms with Gasteiger partial charge in [0.15, 0.2) is 0 Å². The summed E-state index contributed by atoms with van der Waals surface area (Å²) in [6.07, 6.45) is 1.77. The predicted octanol–water partition coefficient (Wildman–Crippen LogP) is 1.43. The first-order chi connectivity index (χ1) is 6.65. The predicted molar refractivity (Wildman–Crippen MR) is 56.8 cm³/mol. The number of hydrogen-bond donors (Lipinski definition) is 1. The smallest absolute Gasteiger partial charge is 0.146 e. The summed E-state index contributed by atoms with van der Waals surface area (Å²) in [6.45, 7) is 10.4. The topological polar surface area (TPSA) is 42.7 Å². The summed E-state index contributed by atoms with van der Waals surface area (Å²) in [5.41, 5.74) is 0. The Morgan fingerprint density at radius 2 is 2.14 bits per heavy atom. The lowest BCUT2D eigenvalue weighted by Gasteiger charge is -2.16. The summed E-state index contributed by atoms with van der Waals surface area (Å²) in [5.74, 6) is 1.66. The Labute approximate surface area is 85.7 Å². The minimum Gasteiger partial charge on any atom is -0.317 e. The fraction of sp³-hybridized carbons (Fsp3) is 0.800. The fourth-order valence-electron chi connectivity index (χ4n) is 1.17. The normalized spacial score (nSPS) is 13.5. The van der Waals surface area contributed by atoms with Crippen molar-refractivity contribution in [3.05, 3.63) is 12.2 Å². The van der Waals surface area contributed by atoms with Crippen LogP contribution in [0.2, 0.25) is 0 Å². The first-order valence-electron chi connectivity index (χ1n) is 5.25. The number of rotatable bonds is 5. The zero-order valence-electron chi connectivity index (χ0n) is 9.49. The van der Waals surface area contributed by atoms with E-state index in [2.05, 4.69) is 47.8 Å².